The molecule has 2 aromatic heterocycles. The van der Waals surface area contributed by atoms with Gasteiger partial charge in [0, 0.05) is 12.2 Å². The molecule has 2 heterocycles. The number of anilines is 3. The molecule has 2 N–H and O–H groups in total. The summed E-state index contributed by atoms with van der Waals surface area (Å²) in [4.78, 5) is 9.60. The van der Waals surface area contributed by atoms with E-state index in [2.05, 4.69) is 59.9 Å². The van der Waals surface area contributed by atoms with Gasteiger partial charge in [0.1, 0.15) is 5.82 Å². The molecular formula is C26H24N6. The molecule has 0 radical (unpaired) electrons. The quantitative estimate of drug-likeness (QED) is 0.364. The topological polar surface area (TPSA) is 67.7 Å². The molecule has 0 amide bonds. The Morgan fingerprint density at radius 1 is 0.812 bits per heavy atom. The number of nitrogens with zero attached hydrogens (tertiary/aromatic N) is 4. The van der Waals surface area contributed by atoms with Crippen molar-refractivity contribution in [2.45, 2.75) is 20.4 Å². The van der Waals surface area contributed by atoms with E-state index in [4.69, 9.17) is 9.97 Å². The third-order valence-electron chi connectivity index (χ3n) is 5.40. The first-order chi connectivity index (χ1) is 15.7. The highest BCUT2D eigenvalue weighted by molar-refractivity contribution is 5.90. The van der Waals surface area contributed by atoms with Crippen LogP contribution in [0.5, 0.6) is 0 Å². The smallest absolute Gasteiger partial charge is 0.227 e. The van der Waals surface area contributed by atoms with Gasteiger partial charge >= 0.3 is 0 Å². The van der Waals surface area contributed by atoms with E-state index in [0.29, 0.717) is 12.5 Å². The Bertz CT molecular complexity index is 1360. The van der Waals surface area contributed by atoms with Crippen molar-refractivity contribution in [3.05, 3.63) is 102 Å². The van der Waals surface area contributed by atoms with Crippen molar-refractivity contribution >= 4 is 28.5 Å². The third kappa shape index (κ3) is 4.03. The van der Waals surface area contributed by atoms with Crippen molar-refractivity contribution in [2.24, 2.45) is 0 Å². The van der Waals surface area contributed by atoms with Crippen LogP contribution in [0.2, 0.25) is 0 Å². The maximum absolute atomic E-state index is 4.81. The van der Waals surface area contributed by atoms with Crippen LogP contribution in [0.15, 0.2) is 85.1 Å². The monoisotopic (exact) mass is 420 g/mol. The van der Waals surface area contributed by atoms with Crippen LogP contribution in [0, 0.1) is 13.8 Å². The third-order valence-corrected chi connectivity index (χ3v) is 5.40. The molecule has 0 bridgehead atoms. The van der Waals surface area contributed by atoms with Gasteiger partial charge in [0.05, 0.1) is 17.3 Å². The molecule has 158 valence electrons. The molecule has 0 spiro atoms. The maximum atomic E-state index is 4.81. The lowest BCUT2D eigenvalue weighted by atomic mass is 10.1. The van der Waals surface area contributed by atoms with Crippen molar-refractivity contribution in [2.75, 3.05) is 10.6 Å². The van der Waals surface area contributed by atoms with E-state index in [9.17, 15) is 0 Å². The van der Waals surface area contributed by atoms with E-state index in [1.165, 1.54) is 11.1 Å². The Balaban J connectivity index is 1.56. The molecule has 6 heteroatoms. The first kappa shape index (κ1) is 19.8. The zero-order valence-electron chi connectivity index (χ0n) is 18.1. The van der Waals surface area contributed by atoms with Crippen molar-refractivity contribution < 1.29 is 0 Å². The lowest BCUT2D eigenvalue weighted by molar-refractivity contribution is 0.894. The van der Waals surface area contributed by atoms with Crippen LogP contribution < -0.4 is 10.6 Å². The maximum Gasteiger partial charge on any atom is 0.227 e. The Hall–Kier alpha value is -4.19. The number of benzene rings is 3. The van der Waals surface area contributed by atoms with Gasteiger partial charge in [0.15, 0.2) is 5.65 Å². The highest BCUT2D eigenvalue weighted by atomic mass is 15.3. The average Bonchev–Trinajstić information content (AvgIpc) is 3.25. The molecule has 0 aliphatic rings. The Labute approximate surface area is 187 Å². The van der Waals surface area contributed by atoms with Crippen LogP contribution in [0.3, 0.4) is 0 Å². The lowest BCUT2D eigenvalue weighted by Gasteiger charge is -2.12. The zero-order valence-corrected chi connectivity index (χ0v) is 18.1. The second kappa shape index (κ2) is 8.51. The minimum Gasteiger partial charge on any atom is -0.350 e. The molecule has 0 saturated heterocycles. The number of nitrogens with one attached hydrogen (secondary N) is 2. The van der Waals surface area contributed by atoms with E-state index in [1.54, 1.807) is 0 Å². The second-order valence-electron chi connectivity index (χ2n) is 7.80. The van der Waals surface area contributed by atoms with Crippen LogP contribution in [0.4, 0.5) is 17.5 Å². The molecule has 0 atom stereocenters. The predicted molar refractivity (Wildman–Crippen MR) is 130 cm³/mol. The molecule has 0 saturated carbocycles. The summed E-state index contributed by atoms with van der Waals surface area (Å²) in [6.45, 7) is 4.79. The number of rotatable bonds is 6. The van der Waals surface area contributed by atoms with Gasteiger partial charge in [0.2, 0.25) is 5.95 Å². The van der Waals surface area contributed by atoms with Gasteiger partial charge in [-0.15, -0.1) is 0 Å². The number of para-hydroxylation sites is 2. The van der Waals surface area contributed by atoms with Crippen LogP contribution in [0.1, 0.15) is 16.7 Å². The van der Waals surface area contributed by atoms with E-state index >= 15 is 0 Å². The molecule has 0 fully saturated rings. The highest BCUT2D eigenvalue weighted by Crippen LogP contribution is 2.28. The summed E-state index contributed by atoms with van der Waals surface area (Å²) >= 11 is 0. The van der Waals surface area contributed by atoms with Gasteiger partial charge in [-0.25, -0.2) is 4.68 Å². The molecule has 32 heavy (non-hydrogen) atoms. The lowest BCUT2D eigenvalue weighted by Crippen LogP contribution is -2.07. The summed E-state index contributed by atoms with van der Waals surface area (Å²) < 4.78 is 1.84. The van der Waals surface area contributed by atoms with Gasteiger partial charge in [0.25, 0.3) is 0 Å². The molecule has 3 aromatic carbocycles. The summed E-state index contributed by atoms with van der Waals surface area (Å²) in [5.74, 6) is 1.27. The first-order valence-corrected chi connectivity index (χ1v) is 10.6. The fourth-order valence-corrected chi connectivity index (χ4v) is 3.57. The standard InChI is InChI=1S/C26H24N6/c1-18-12-14-20(15-13-18)16-27-26-30-24(29-23-11-7-6-8-19(23)2)22-17-28-32(25(22)31-26)21-9-4-3-5-10-21/h3-15,17H,16H2,1-2H3,(H2,27,29,30,31). The highest BCUT2D eigenvalue weighted by Gasteiger charge is 2.15. The fourth-order valence-electron chi connectivity index (χ4n) is 3.57. The van der Waals surface area contributed by atoms with E-state index in [0.717, 1.165) is 33.8 Å². The average molecular weight is 421 g/mol. The van der Waals surface area contributed by atoms with Crippen molar-refractivity contribution in [3.8, 4) is 5.69 Å². The largest absolute Gasteiger partial charge is 0.350 e. The molecule has 5 aromatic rings. The molecule has 0 aliphatic carbocycles. The van der Waals surface area contributed by atoms with Crippen molar-refractivity contribution in [3.63, 3.8) is 0 Å². The molecule has 0 unspecified atom stereocenters. The molecular weight excluding hydrogens is 396 g/mol. The number of hydrogen-bond acceptors (Lipinski definition) is 5. The number of aromatic nitrogens is 4. The summed E-state index contributed by atoms with van der Waals surface area (Å²) in [7, 11) is 0. The normalized spacial score (nSPS) is 10.9. The van der Waals surface area contributed by atoms with Gasteiger partial charge in [-0.05, 0) is 43.2 Å². The Kier molecular flexibility index (Phi) is 5.25. The predicted octanol–water partition coefficient (Wildman–Crippen LogP) is 5.79. The summed E-state index contributed by atoms with van der Waals surface area (Å²) in [6.07, 6.45) is 1.81. The van der Waals surface area contributed by atoms with E-state index in [-0.39, 0.29) is 0 Å². The molecule has 6 nitrogen and oxygen atoms in total. The van der Waals surface area contributed by atoms with E-state index in [1.807, 2.05) is 59.4 Å². The number of fused-ring (bicyclic) bond motifs is 1. The van der Waals surface area contributed by atoms with Crippen LogP contribution in [0.25, 0.3) is 16.7 Å². The van der Waals surface area contributed by atoms with Gasteiger partial charge in [-0.3, -0.25) is 0 Å². The van der Waals surface area contributed by atoms with E-state index < -0.39 is 0 Å². The van der Waals surface area contributed by atoms with Gasteiger partial charge in [-0.2, -0.15) is 15.1 Å². The van der Waals surface area contributed by atoms with Crippen molar-refractivity contribution in [1.82, 2.24) is 19.7 Å². The fraction of sp³-hybridized carbons (Fsp3) is 0.115. The van der Waals surface area contributed by atoms with Gasteiger partial charge in [-0.1, -0.05) is 66.2 Å². The summed E-state index contributed by atoms with van der Waals surface area (Å²) in [6, 6.07) is 26.6. The number of hydrogen-bond donors (Lipinski definition) is 2. The Morgan fingerprint density at radius 3 is 2.34 bits per heavy atom. The summed E-state index contributed by atoms with van der Waals surface area (Å²) in [5, 5.41) is 12.3. The zero-order chi connectivity index (χ0) is 21.9. The molecule has 5 rings (SSSR count). The SMILES string of the molecule is Cc1ccc(CNc2nc(Nc3ccccc3C)c3cnn(-c4ccccc4)c3n2)cc1. The Morgan fingerprint density at radius 2 is 1.56 bits per heavy atom. The summed E-state index contributed by atoms with van der Waals surface area (Å²) in [5.41, 5.74) is 6.25. The first-order valence-electron chi connectivity index (χ1n) is 10.6. The van der Waals surface area contributed by atoms with Gasteiger partial charge < -0.3 is 10.6 Å². The van der Waals surface area contributed by atoms with Crippen LogP contribution in [-0.4, -0.2) is 19.7 Å². The number of aryl methyl sites for hydroxylation is 2. The van der Waals surface area contributed by atoms with Crippen LogP contribution >= 0.6 is 0 Å². The minimum absolute atomic E-state index is 0.548. The van der Waals surface area contributed by atoms with Crippen LogP contribution in [-0.2, 0) is 6.54 Å². The minimum atomic E-state index is 0.548. The van der Waals surface area contributed by atoms with Crippen molar-refractivity contribution in [1.29, 1.82) is 0 Å². The molecule has 0 aliphatic heterocycles. The second-order valence-corrected chi connectivity index (χ2v) is 7.80.